The Kier molecular flexibility index (Phi) is 3.22. The van der Waals surface area contributed by atoms with Crippen LogP contribution in [0, 0.1) is 13.8 Å². The van der Waals surface area contributed by atoms with E-state index in [0.29, 0.717) is 24.3 Å². The largest absolute Gasteiger partial charge is 0.444 e. The lowest BCUT2D eigenvalue weighted by Gasteiger charge is -2.05. The number of nitrogens with two attached hydrogens (primary N) is 1. The van der Waals surface area contributed by atoms with Crippen LogP contribution in [0.25, 0.3) is 5.95 Å². The third-order valence-corrected chi connectivity index (χ3v) is 2.82. The summed E-state index contributed by atoms with van der Waals surface area (Å²) in [6.45, 7) is 4.11. The van der Waals surface area contributed by atoms with E-state index in [9.17, 15) is 0 Å². The lowest BCUT2D eigenvalue weighted by atomic mass is 10.4. The van der Waals surface area contributed by atoms with Gasteiger partial charge in [-0.3, -0.25) is 0 Å². The standard InChI is InChI=1S/C12H14N8O/c1-7-8(2)21-9(16-7)6-14-11-17-10(13)18-12(19-11)20-5-3-4-15-20/h3-5H,6H2,1-2H3,(H3,13,14,17,18,19). The number of aromatic nitrogens is 6. The summed E-state index contributed by atoms with van der Waals surface area (Å²) in [4.78, 5) is 16.6. The average molecular weight is 286 g/mol. The summed E-state index contributed by atoms with van der Waals surface area (Å²) in [6, 6.07) is 1.77. The van der Waals surface area contributed by atoms with Gasteiger partial charge in [-0.1, -0.05) is 0 Å². The first-order valence-electron chi connectivity index (χ1n) is 6.30. The molecule has 108 valence electrons. The Bertz CT molecular complexity index is 729. The third kappa shape index (κ3) is 2.81. The van der Waals surface area contributed by atoms with Crippen molar-refractivity contribution in [2.24, 2.45) is 0 Å². The van der Waals surface area contributed by atoms with Crippen molar-refractivity contribution >= 4 is 11.9 Å². The molecule has 0 unspecified atom stereocenters. The van der Waals surface area contributed by atoms with Crippen LogP contribution in [0.3, 0.4) is 0 Å². The lowest BCUT2D eigenvalue weighted by Crippen LogP contribution is -2.11. The van der Waals surface area contributed by atoms with Crippen LogP contribution in [0.2, 0.25) is 0 Å². The van der Waals surface area contributed by atoms with Crippen LogP contribution in [0.1, 0.15) is 17.3 Å². The van der Waals surface area contributed by atoms with E-state index in [0.717, 1.165) is 11.5 Å². The fourth-order valence-electron chi connectivity index (χ4n) is 1.72. The van der Waals surface area contributed by atoms with Crippen LogP contribution in [0.5, 0.6) is 0 Å². The van der Waals surface area contributed by atoms with Crippen molar-refractivity contribution < 1.29 is 4.42 Å². The summed E-state index contributed by atoms with van der Waals surface area (Å²) >= 11 is 0. The van der Waals surface area contributed by atoms with Gasteiger partial charge in [-0.15, -0.1) is 0 Å². The molecule has 3 heterocycles. The molecule has 0 amide bonds. The molecule has 0 bridgehead atoms. The highest BCUT2D eigenvalue weighted by Crippen LogP contribution is 2.11. The Hall–Kier alpha value is -2.97. The number of nitrogens with one attached hydrogen (secondary N) is 1. The highest BCUT2D eigenvalue weighted by Gasteiger charge is 2.09. The summed E-state index contributed by atoms with van der Waals surface area (Å²) in [6.07, 6.45) is 3.35. The number of rotatable bonds is 4. The molecule has 0 spiro atoms. The van der Waals surface area contributed by atoms with Crippen molar-refractivity contribution in [2.75, 3.05) is 11.1 Å². The molecule has 3 aromatic rings. The molecule has 3 N–H and O–H groups in total. The Morgan fingerprint density at radius 3 is 2.76 bits per heavy atom. The monoisotopic (exact) mass is 286 g/mol. The Balaban J connectivity index is 1.79. The van der Waals surface area contributed by atoms with Gasteiger partial charge in [0, 0.05) is 12.4 Å². The molecule has 0 aliphatic carbocycles. The zero-order chi connectivity index (χ0) is 14.8. The second-order valence-electron chi connectivity index (χ2n) is 4.37. The van der Waals surface area contributed by atoms with E-state index in [-0.39, 0.29) is 5.95 Å². The fourth-order valence-corrected chi connectivity index (χ4v) is 1.72. The second-order valence-corrected chi connectivity index (χ2v) is 4.37. The first-order valence-corrected chi connectivity index (χ1v) is 6.30. The molecule has 3 rings (SSSR count). The van der Waals surface area contributed by atoms with E-state index in [1.54, 1.807) is 18.5 Å². The quantitative estimate of drug-likeness (QED) is 0.724. The van der Waals surface area contributed by atoms with E-state index in [1.807, 2.05) is 13.8 Å². The topological polar surface area (TPSA) is 121 Å². The van der Waals surface area contributed by atoms with E-state index < -0.39 is 0 Å². The molecule has 3 aromatic heterocycles. The Morgan fingerprint density at radius 1 is 1.24 bits per heavy atom. The predicted molar refractivity (Wildman–Crippen MR) is 74.7 cm³/mol. The smallest absolute Gasteiger partial charge is 0.257 e. The van der Waals surface area contributed by atoms with Gasteiger partial charge in [0.25, 0.3) is 5.95 Å². The van der Waals surface area contributed by atoms with Gasteiger partial charge >= 0.3 is 0 Å². The molecule has 0 saturated heterocycles. The van der Waals surface area contributed by atoms with Crippen LogP contribution in [0.15, 0.2) is 22.9 Å². The van der Waals surface area contributed by atoms with Crippen LogP contribution >= 0.6 is 0 Å². The first-order chi connectivity index (χ1) is 10.1. The number of anilines is 2. The Morgan fingerprint density at radius 2 is 2.10 bits per heavy atom. The normalized spacial score (nSPS) is 10.8. The zero-order valence-electron chi connectivity index (χ0n) is 11.6. The molecule has 9 nitrogen and oxygen atoms in total. The fraction of sp³-hybridized carbons (Fsp3) is 0.250. The molecule has 0 saturated carbocycles. The number of nitrogens with zero attached hydrogens (tertiary/aromatic N) is 6. The van der Waals surface area contributed by atoms with Crippen LogP contribution in [-0.4, -0.2) is 29.7 Å². The molecular formula is C12H14N8O. The van der Waals surface area contributed by atoms with Crippen molar-refractivity contribution in [3.63, 3.8) is 0 Å². The third-order valence-electron chi connectivity index (χ3n) is 2.82. The zero-order valence-corrected chi connectivity index (χ0v) is 11.6. The predicted octanol–water partition coefficient (Wildman–Crippen LogP) is 0.856. The molecule has 21 heavy (non-hydrogen) atoms. The molecule has 0 aliphatic heterocycles. The van der Waals surface area contributed by atoms with E-state index in [4.69, 9.17) is 10.2 Å². The number of hydrogen-bond donors (Lipinski definition) is 2. The molecule has 9 heteroatoms. The summed E-state index contributed by atoms with van der Waals surface area (Å²) < 4.78 is 6.98. The molecule has 0 fully saturated rings. The number of hydrogen-bond acceptors (Lipinski definition) is 8. The van der Waals surface area contributed by atoms with Crippen LogP contribution < -0.4 is 11.1 Å². The summed E-state index contributed by atoms with van der Waals surface area (Å²) in [5, 5.41) is 7.06. The second kappa shape index (κ2) is 5.19. The van der Waals surface area contributed by atoms with Crippen molar-refractivity contribution in [2.45, 2.75) is 20.4 Å². The van der Waals surface area contributed by atoms with Crippen molar-refractivity contribution in [3.8, 4) is 5.95 Å². The van der Waals surface area contributed by atoms with Gasteiger partial charge < -0.3 is 15.5 Å². The number of aryl methyl sites for hydroxylation is 2. The van der Waals surface area contributed by atoms with Crippen molar-refractivity contribution in [1.82, 2.24) is 29.7 Å². The van der Waals surface area contributed by atoms with Gasteiger partial charge in [0.2, 0.25) is 17.8 Å². The molecule has 0 atom stereocenters. The van der Waals surface area contributed by atoms with Gasteiger partial charge in [0.15, 0.2) is 0 Å². The molecule has 0 aliphatic rings. The number of nitrogen functional groups attached to an aromatic ring is 1. The average Bonchev–Trinajstić information content (AvgIpc) is 3.07. The van der Waals surface area contributed by atoms with E-state index >= 15 is 0 Å². The van der Waals surface area contributed by atoms with Crippen molar-refractivity contribution in [1.29, 1.82) is 0 Å². The highest BCUT2D eigenvalue weighted by molar-refractivity contribution is 5.34. The lowest BCUT2D eigenvalue weighted by molar-refractivity contribution is 0.477. The van der Waals surface area contributed by atoms with Gasteiger partial charge in [-0.25, -0.2) is 9.67 Å². The number of oxazole rings is 1. The molecule has 0 radical (unpaired) electrons. The van der Waals surface area contributed by atoms with Crippen LogP contribution in [-0.2, 0) is 6.54 Å². The first kappa shape index (κ1) is 13.0. The minimum Gasteiger partial charge on any atom is -0.444 e. The maximum atomic E-state index is 5.68. The van der Waals surface area contributed by atoms with Crippen LogP contribution in [0.4, 0.5) is 11.9 Å². The van der Waals surface area contributed by atoms with Gasteiger partial charge in [0.1, 0.15) is 5.76 Å². The van der Waals surface area contributed by atoms with Crippen molar-refractivity contribution in [3.05, 3.63) is 35.8 Å². The minimum absolute atomic E-state index is 0.109. The maximum Gasteiger partial charge on any atom is 0.257 e. The minimum atomic E-state index is 0.109. The SMILES string of the molecule is Cc1nc(CNc2nc(N)nc(-n3cccn3)n2)oc1C. The summed E-state index contributed by atoms with van der Waals surface area (Å²) in [7, 11) is 0. The van der Waals surface area contributed by atoms with Gasteiger partial charge in [-0.05, 0) is 19.9 Å². The van der Waals surface area contributed by atoms with Gasteiger partial charge in [0.05, 0.1) is 12.2 Å². The molecule has 0 aromatic carbocycles. The highest BCUT2D eigenvalue weighted by atomic mass is 16.4. The van der Waals surface area contributed by atoms with E-state index in [1.165, 1.54) is 4.68 Å². The summed E-state index contributed by atoms with van der Waals surface area (Å²) in [5.74, 6) is 2.14. The Labute approximate surface area is 120 Å². The van der Waals surface area contributed by atoms with E-state index in [2.05, 4.69) is 30.4 Å². The van der Waals surface area contributed by atoms with Gasteiger partial charge in [-0.2, -0.15) is 20.1 Å². The maximum absolute atomic E-state index is 5.68. The summed E-state index contributed by atoms with van der Waals surface area (Å²) in [5.41, 5.74) is 6.54. The molecular weight excluding hydrogens is 272 g/mol.